The molecule has 3 rings (SSSR count). The van der Waals surface area contributed by atoms with Crippen LogP contribution in [0, 0.1) is 0 Å². The van der Waals surface area contributed by atoms with Crippen molar-refractivity contribution in [2.45, 2.75) is 0 Å². The number of aromatic nitrogens is 1. The van der Waals surface area contributed by atoms with Gasteiger partial charge in [-0.15, -0.1) is 0 Å². The Bertz CT molecular complexity index is 544. The van der Waals surface area contributed by atoms with Gasteiger partial charge in [-0.2, -0.15) is 4.98 Å². The SMILES string of the molecule is CN1CCN(Nc2nc3ccc(N)cc3o2)CC1. The Morgan fingerprint density at radius 3 is 2.83 bits per heavy atom. The second-order valence-corrected chi connectivity index (χ2v) is 4.65. The van der Waals surface area contributed by atoms with Crippen LogP contribution in [0.1, 0.15) is 0 Å². The maximum absolute atomic E-state index is 5.71. The highest BCUT2D eigenvalue weighted by atomic mass is 16.4. The van der Waals surface area contributed by atoms with Crippen molar-refractivity contribution < 1.29 is 4.42 Å². The van der Waals surface area contributed by atoms with Crippen molar-refractivity contribution in [3.63, 3.8) is 0 Å². The lowest BCUT2D eigenvalue weighted by atomic mass is 10.3. The molecule has 18 heavy (non-hydrogen) atoms. The smallest absolute Gasteiger partial charge is 0.310 e. The van der Waals surface area contributed by atoms with Crippen molar-refractivity contribution in [3.8, 4) is 0 Å². The summed E-state index contributed by atoms with van der Waals surface area (Å²) in [5.74, 6) is 0. The lowest BCUT2D eigenvalue weighted by Crippen LogP contribution is -2.46. The number of fused-ring (bicyclic) bond motifs is 1. The van der Waals surface area contributed by atoms with Crippen LogP contribution in [0.25, 0.3) is 11.1 Å². The Kier molecular flexibility index (Phi) is 2.81. The summed E-state index contributed by atoms with van der Waals surface area (Å²) in [5, 5.41) is 2.12. The molecule has 1 fully saturated rings. The molecule has 2 heterocycles. The van der Waals surface area contributed by atoms with Gasteiger partial charge in [0, 0.05) is 37.9 Å². The average molecular weight is 247 g/mol. The number of hydrogen-bond acceptors (Lipinski definition) is 6. The second-order valence-electron chi connectivity index (χ2n) is 4.65. The zero-order chi connectivity index (χ0) is 12.5. The molecule has 0 aliphatic carbocycles. The summed E-state index contributed by atoms with van der Waals surface area (Å²) >= 11 is 0. The van der Waals surface area contributed by atoms with Gasteiger partial charge in [0.2, 0.25) is 0 Å². The normalized spacial score (nSPS) is 18.3. The van der Waals surface area contributed by atoms with Gasteiger partial charge >= 0.3 is 6.01 Å². The van der Waals surface area contributed by atoms with Crippen molar-refractivity contribution in [3.05, 3.63) is 18.2 Å². The van der Waals surface area contributed by atoms with Crippen LogP contribution in [0.5, 0.6) is 0 Å². The van der Waals surface area contributed by atoms with Gasteiger partial charge in [-0.1, -0.05) is 0 Å². The highest BCUT2D eigenvalue weighted by molar-refractivity contribution is 5.77. The quantitative estimate of drug-likeness (QED) is 0.771. The molecule has 96 valence electrons. The molecule has 0 radical (unpaired) electrons. The van der Waals surface area contributed by atoms with E-state index in [1.165, 1.54) is 0 Å². The Labute approximate surface area is 105 Å². The van der Waals surface area contributed by atoms with Crippen molar-refractivity contribution in [2.24, 2.45) is 0 Å². The maximum atomic E-state index is 5.71. The largest absolute Gasteiger partial charge is 0.423 e. The third-order valence-corrected chi connectivity index (χ3v) is 3.17. The highest BCUT2D eigenvalue weighted by Crippen LogP contribution is 2.21. The van der Waals surface area contributed by atoms with E-state index in [0.717, 1.165) is 31.7 Å². The van der Waals surface area contributed by atoms with Gasteiger partial charge in [0.15, 0.2) is 5.58 Å². The number of nitrogen functional groups attached to an aromatic ring is 1. The van der Waals surface area contributed by atoms with Gasteiger partial charge in [0.05, 0.1) is 0 Å². The third-order valence-electron chi connectivity index (χ3n) is 3.17. The van der Waals surface area contributed by atoms with Crippen LogP contribution in [-0.4, -0.2) is 48.1 Å². The van der Waals surface area contributed by atoms with Gasteiger partial charge in [-0.05, 0) is 19.2 Å². The van der Waals surface area contributed by atoms with Crippen LogP contribution in [0.3, 0.4) is 0 Å². The monoisotopic (exact) mass is 247 g/mol. The molecule has 1 aromatic carbocycles. The second kappa shape index (κ2) is 4.47. The zero-order valence-corrected chi connectivity index (χ0v) is 10.4. The molecule has 1 aliphatic heterocycles. The van der Waals surface area contributed by atoms with E-state index in [1.54, 1.807) is 6.07 Å². The molecule has 0 saturated carbocycles. The fourth-order valence-electron chi connectivity index (χ4n) is 2.04. The fourth-order valence-corrected chi connectivity index (χ4v) is 2.04. The van der Waals surface area contributed by atoms with E-state index in [-0.39, 0.29) is 0 Å². The van der Waals surface area contributed by atoms with E-state index in [0.29, 0.717) is 17.3 Å². The predicted octanol–water partition coefficient (Wildman–Crippen LogP) is 0.984. The molecule has 6 heteroatoms. The first kappa shape index (κ1) is 11.3. The summed E-state index contributed by atoms with van der Waals surface area (Å²) in [4.78, 5) is 6.67. The van der Waals surface area contributed by atoms with E-state index in [1.807, 2.05) is 12.1 Å². The summed E-state index contributed by atoms with van der Waals surface area (Å²) in [7, 11) is 2.12. The summed E-state index contributed by atoms with van der Waals surface area (Å²) in [5.41, 5.74) is 11.1. The van der Waals surface area contributed by atoms with Crippen LogP contribution >= 0.6 is 0 Å². The minimum absolute atomic E-state index is 0.528. The first-order valence-corrected chi connectivity index (χ1v) is 6.07. The standard InChI is InChI=1S/C12H17N5O/c1-16-4-6-17(7-5-16)15-12-14-10-3-2-9(13)8-11(10)18-12/h2-3,8H,4-7,13H2,1H3,(H,14,15). The Hall–Kier alpha value is -1.79. The van der Waals surface area contributed by atoms with Crippen LogP contribution in [0.15, 0.2) is 22.6 Å². The molecule has 6 nitrogen and oxygen atoms in total. The number of hydrazine groups is 1. The molecule has 0 amide bonds. The number of anilines is 2. The number of nitrogens with two attached hydrogens (primary N) is 1. The van der Waals surface area contributed by atoms with E-state index >= 15 is 0 Å². The molecular formula is C12H17N5O. The average Bonchev–Trinajstić information content (AvgIpc) is 2.73. The van der Waals surface area contributed by atoms with Crippen LogP contribution in [0.4, 0.5) is 11.7 Å². The number of likely N-dealkylation sites (N-methyl/N-ethyl adjacent to an activating group) is 1. The summed E-state index contributed by atoms with van der Waals surface area (Å²) in [6, 6.07) is 6.01. The summed E-state index contributed by atoms with van der Waals surface area (Å²) < 4.78 is 5.62. The number of nitrogens with zero attached hydrogens (tertiary/aromatic N) is 3. The minimum atomic E-state index is 0.528. The molecule has 0 bridgehead atoms. The van der Waals surface area contributed by atoms with Crippen molar-refractivity contribution in [2.75, 3.05) is 44.4 Å². The molecule has 0 atom stereocenters. The molecule has 2 aromatic rings. The Morgan fingerprint density at radius 1 is 1.28 bits per heavy atom. The Morgan fingerprint density at radius 2 is 2.06 bits per heavy atom. The number of hydrogen-bond donors (Lipinski definition) is 2. The third kappa shape index (κ3) is 2.25. The topological polar surface area (TPSA) is 70.6 Å². The van der Waals surface area contributed by atoms with Crippen LogP contribution in [-0.2, 0) is 0 Å². The van der Waals surface area contributed by atoms with E-state index in [4.69, 9.17) is 10.2 Å². The van der Waals surface area contributed by atoms with Gasteiger partial charge in [0.25, 0.3) is 0 Å². The minimum Gasteiger partial charge on any atom is -0.423 e. The van der Waals surface area contributed by atoms with Crippen LogP contribution < -0.4 is 11.2 Å². The van der Waals surface area contributed by atoms with E-state index < -0.39 is 0 Å². The molecule has 1 aromatic heterocycles. The van der Waals surface area contributed by atoms with Crippen molar-refractivity contribution in [1.29, 1.82) is 0 Å². The zero-order valence-electron chi connectivity index (χ0n) is 10.4. The van der Waals surface area contributed by atoms with Crippen LogP contribution in [0.2, 0.25) is 0 Å². The number of oxazole rings is 1. The number of nitrogens with one attached hydrogen (secondary N) is 1. The van der Waals surface area contributed by atoms with Gasteiger partial charge < -0.3 is 15.1 Å². The first-order valence-electron chi connectivity index (χ1n) is 6.07. The van der Waals surface area contributed by atoms with Crippen molar-refractivity contribution >= 4 is 22.8 Å². The highest BCUT2D eigenvalue weighted by Gasteiger charge is 2.15. The number of piperazine rings is 1. The van der Waals surface area contributed by atoms with E-state index in [9.17, 15) is 0 Å². The Balaban J connectivity index is 1.74. The van der Waals surface area contributed by atoms with Gasteiger partial charge in [-0.3, -0.25) is 5.43 Å². The molecule has 1 saturated heterocycles. The molecule has 0 spiro atoms. The van der Waals surface area contributed by atoms with E-state index in [2.05, 4.69) is 27.4 Å². The molecule has 1 aliphatic rings. The first-order chi connectivity index (χ1) is 8.70. The lowest BCUT2D eigenvalue weighted by Gasteiger charge is -2.31. The number of rotatable bonds is 2. The molecular weight excluding hydrogens is 230 g/mol. The summed E-state index contributed by atoms with van der Waals surface area (Å²) in [6.07, 6.45) is 0. The van der Waals surface area contributed by atoms with Gasteiger partial charge in [0.1, 0.15) is 5.52 Å². The lowest BCUT2D eigenvalue weighted by molar-refractivity contribution is 0.175. The molecule has 3 N–H and O–H groups in total. The predicted molar refractivity (Wildman–Crippen MR) is 71.1 cm³/mol. The fraction of sp³-hybridized carbons (Fsp3) is 0.417. The molecule has 0 unspecified atom stereocenters. The van der Waals surface area contributed by atoms with Gasteiger partial charge in [-0.25, -0.2) is 5.01 Å². The maximum Gasteiger partial charge on any atom is 0.310 e. The number of benzene rings is 1. The summed E-state index contributed by atoms with van der Waals surface area (Å²) in [6.45, 7) is 4.00. The van der Waals surface area contributed by atoms with Crippen molar-refractivity contribution in [1.82, 2.24) is 14.9 Å².